The third-order valence-electron chi connectivity index (χ3n) is 4.00. The van der Waals surface area contributed by atoms with E-state index in [1.54, 1.807) is 50.2 Å². The number of methoxy groups -OCH3 is 4. The second-order valence-electron chi connectivity index (χ2n) is 6.96. The molecule has 2 aromatic rings. The van der Waals surface area contributed by atoms with Gasteiger partial charge in [-0.3, -0.25) is 0 Å². The Morgan fingerprint density at radius 2 is 0.872 bits per heavy atom. The third kappa shape index (κ3) is 17.0. The number of hydrogen-bond acceptors (Lipinski definition) is 10. The maximum absolute atomic E-state index is 11.6. The molecular weight excluding hydrogens is 544 g/mol. The van der Waals surface area contributed by atoms with E-state index in [4.69, 9.17) is 29.2 Å². The summed E-state index contributed by atoms with van der Waals surface area (Å²) in [6.07, 6.45) is 2.09. The average molecular weight is 580 g/mol. The van der Waals surface area contributed by atoms with Gasteiger partial charge in [0.25, 0.3) is 0 Å². The molecule has 39 heavy (non-hydrogen) atoms. The van der Waals surface area contributed by atoms with E-state index in [-0.39, 0.29) is 58.1 Å². The predicted molar refractivity (Wildman–Crippen MR) is 139 cm³/mol. The molecule has 0 fully saturated rings. The van der Waals surface area contributed by atoms with Gasteiger partial charge in [-0.15, -0.1) is 49.3 Å². The molecule has 0 saturated carbocycles. The van der Waals surface area contributed by atoms with Gasteiger partial charge in [0, 0.05) is 33.3 Å². The van der Waals surface area contributed by atoms with Crippen LogP contribution in [0.25, 0.3) is 0 Å². The number of ether oxygens (including phenoxy) is 4. The summed E-state index contributed by atoms with van der Waals surface area (Å²) in [7, 11) is 6.00. The monoisotopic (exact) mass is 580 g/mol. The minimum Gasteiger partial charge on any atom is -0.855 e. The summed E-state index contributed by atoms with van der Waals surface area (Å²) < 4.78 is 20.2. The topological polar surface area (TPSA) is 151 Å². The van der Waals surface area contributed by atoms with Gasteiger partial charge in [0.2, 0.25) is 0 Å². The van der Waals surface area contributed by atoms with Crippen molar-refractivity contribution in [3.63, 3.8) is 0 Å². The number of benzene rings is 2. The normalized spacial score (nSPS) is 8.67. The van der Waals surface area contributed by atoms with Crippen molar-refractivity contribution >= 4 is 23.1 Å². The Kier molecular flexibility index (Phi) is 24.5. The van der Waals surface area contributed by atoms with Crippen LogP contribution < -0.4 is 29.2 Å². The Hall–Kier alpha value is -3.31. The molecule has 0 bridgehead atoms. The zero-order chi connectivity index (χ0) is 29.7. The van der Waals surface area contributed by atoms with E-state index in [0.29, 0.717) is 34.1 Å². The van der Waals surface area contributed by atoms with Crippen molar-refractivity contribution in [3.05, 3.63) is 60.4 Å². The van der Waals surface area contributed by atoms with Crippen molar-refractivity contribution in [1.82, 2.24) is 0 Å². The quantitative estimate of drug-likeness (QED) is 0.177. The first-order valence-corrected chi connectivity index (χ1v) is 11.4. The smallest absolute Gasteiger partial charge is 0.157 e. The van der Waals surface area contributed by atoms with Crippen LogP contribution in [0.1, 0.15) is 48.4 Å². The molecule has 0 aliphatic heterocycles. The molecule has 0 heterocycles. The molecular formula is C28H36O10Ti-4. The molecule has 0 spiro atoms. The number of ketones is 4. The Morgan fingerprint density at radius 1 is 0.615 bits per heavy atom. The molecule has 2 aromatic carbocycles. The minimum absolute atomic E-state index is 0. The van der Waals surface area contributed by atoms with Crippen LogP contribution in [-0.4, -0.2) is 64.8 Å². The van der Waals surface area contributed by atoms with E-state index in [1.807, 2.05) is 0 Å². The maximum atomic E-state index is 11.6. The summed E-state index contributed by atoms with van der Waals surface area (Å²) in [6, 6.07) is 9.51. The van der Waals surface area contributed by atoms with Crippen LogP contribution in [0.4, 0.5) is 0 Å². The zero-order valence-corrected chi connectivity index (χ0v) is 25.2. The largest absolute Gasteiger partial charge is 0.855 e. The van der Waals surface area contributed by atoms with E-state index >= 15 is 0 Å². The Balaban J connectivity index is -0.000000541. The maximum Gasteiger partial charge on any atom is 0.157 e. The number of hydrogen-bond donors (Lipinski definition) is 0. The molecule has 0 N–H and O–H groups in total. The van der Waals surface area contributed by atoms with E-state index in [9.17, 15) is 19.2 Å². The molecule has 0 radical (unpaired) electrons. The molecule has 216 valence electrons. The molecule has 11 heteroatoms. The van der Waals surface area contributed by atoms with Crippen LogP contribution in [0.15, 0.2) is 36.4 Å². The Labute approximate surface area is 245 Å². The summed E-state index contributed by atoms with van der Waals surface area (Å²) in [6.45, 7) is 5.80. The minimum atomic E-state index is -0.339. The molecule has 0 aromatic heterocycles. The summed E-state index contributed by atoms with van der Waals surface area (Å²) in [5.41, 5.74) is 0.792. The predicted octanol–water partition coefficient (Wildman–Crippen LogP) is 2.09. The van der Waals surface area contributed by atoms with Crippen LogP contribution in [0, 0.1) is 12.8 Å². The van der Waals surface area contributed by atoms with Crippen molar-refractivity contribution in [2.75, 3.05) is 41.7 Å². The SMILES string of the molecule is CC[O-].CC[O-].COc1ccc(C(=O)[CH-]C(C)=O)cc1OC.COc1ccc(C(=O)[CH-]C(C)=O)cc1OC.[Ti]. The van der Waals surface area contributed by atoms with Gasteiger partial charge in [-0.05, 0) is 26.0 Å². The number of Topliss-reactive ketones (excluding diaryl/α,β-unsaturated/α-hetero) is 4. The number of rotatable bonds is 10. The first-order chi connectivity index (χ1) is 18.0. The van der Waals surface area contributed by atoms with E-state index in [0.717, 1.165) is 12.8 Å². The van der Waals surface area contributed by atoms with Crippen LogP contribution in [0.5, 0.6) is 23.0 Å². The number of carbonyl (C=O) groups is 4. The fraction of sp³-hybridized carbons (Fsp3) is 0.357. The summed E-state index contributed by atoms with van der Waals surface area (Å²) >= 11 is 0. The summed E-state index contributed by atoms with van der Waals surface area (Å²) in [5.74, 6) is 0.779. The first kappa shape index (κ1) is 40.2. The van der Waals surface area contributed by atoms with Gasteiger partial charge in [-0.1, -0.05) is 26.0 Å². The van der Waals surface area contributed by atoms with E-state index in [1.165, 1.54) is 42.3 Å². The van der Waals surface area contributed by atoms with Gasteiger partial charge < -0.3 is 48.3 Å². The molecule has 2 rings (SSSR count). The van der Waals surface area contributed by atoms with Crippen LogP contribution in [0.2, 0.25) is 0 Å². The van der Waals surface area contributed by atoms with Gasteiger partial charge in [-0.2, -0.15) is 0 Å². The summed E-state index contributed by atoms with van der Waals surface area (Å²) in [5, 5.41) is 17.9. The summed E-state index contributed by atoms with van der Waals surface area (Å²) in [4.78, 5) is 44.6. The molecule has 0 aliphatic rings. The Morgan fingerprint density at radius 3 is 1.08 bits per heavy atom. The average Bonchev–Trinajstić information content (AvgIpc) is 2.88. The number of carbonyl (C=O) groups excluding carboxylic acids is 4. The first-order valence-electron chi connectivity index (χ1n) is 11.4. The second kappa shape index (κ2) is 23.8. The van der Waals surface area contributed by atoms with Gasteiger partial charge in [0.05, 0.1) is 40.0 Å². The fourth-order valence-electron chi connectivity index (χ4n) is 2.51. The molecule has 10 nitrogen and oxygen atoms in total. The van der Waals surface area contributed by atoms with Crippen molar-refractivity contribution < 1.29 is 70.1 Å². The molecule has 0 atom stereocenters. The van der Waals surface area contributed by atoms with Crippen molar-refractivity contribution in [3.8, 4) is 23.0 Å². The van der Waals surface area contributed by atoms with Crippen LogP contribution in [0.3, 0.4) is 0 Å². The standard InChI is InChI=1S/2C12H13O4.2C2H5O.Ti/c2*1-8(13)6-10(14)9-4-5-11(15-2)12(7-9)16-3;2*1-2-3;/h2*4-7H,1-3H3;2*2H2,1H3;/q4*-1;. The second-order valence-corrected chi connectivity index (χ2v) is 6.96. The van der Waals surface area contributed by atoms with Gasteiger partial charge in [0.1, 0.15) is 11.5 Å². The van der Waals surface area contributed by atoms with Crippen molar-refractivity contribution in [2.24, 2.45) is 0 Å². The van der Waals surface area contributed by atoms with Crippen molar-refractivity contribution in [1.29, 1.82) is 0 Å². The molecule has 0 amide bonds. The van der Waals surface area contributed by atoms with E-state index < -0.39 is 0 Å². The van der Waals surface area contributed by atoms with E-state index in [2.05, 4.69) is 0 Å². The molecule has 0 saturated heterocycles. The molecule has 0 unspecified atom stereocenters. The van der Waals surface area contributed by atoms with Gasteiger partial charge in [0.15, 0.2) is 11.5 Å². The molecule has 0 aliphatic carbocycles. The van der Waals surface area contributed by atoms with Crippen LogP contribution in [-0.2, 0) is 31.3 Å². The van der Waals surface area contributed by atoms with Crippen molar-refractivity contribution in [2.45, 2.75) is 27.7 Å². The van der Waals surface area contributed by atoms with Gasteiger partial charge >= 0.3 is 0 Å². The van der Waals surface area contributed by atoms with Gasteiger partial charge in [-0.25, -0.2) is 0 Å². The van der Waals surface area contributed by atoms with Crippen LogP contribution >= 0.6 is 0 Å². The Bertz CT molecular complexity index is 940. The fourth-order valence-corrected chi connectivity index (χ4v) is 2.51. The zero-order valence-electron chi connectivity index (χ0n) is 23.6. The third-order valence-corrected chi connectivity index (χ3v) is 4.00.